The number of carboxylic acid groups (broad SMARTS) is 2. The Kier molecular flexibility index (Phi) is 3.58. The molecule has 0 bridgehead atoms. The number of carboxylic acids is 2. The third-order valence-electron chi connectivity index (χ3n) is 4.30. The molecule has 1 aliphatic carbocycles. The average Bonchev–Trinajstić information content (AvgIpc) is 2.47. The Balaban J connectivity index is 2.04. The molecule has 0 spiro atoms. The minimum atomic E-state index is -0.985. The molecule has 6 heteroatoms. The molecule has 0 amide bonds. The summed E-state index contributed by atoms with van der Waals surface area (Å²) in [5, 5.41) is 19.1. The molecule has 112 valence electrons. The average molecular weight is 298 g/mol. The second-order valence-electron chi connectivity index (χ2n) is 5.34. The number of rotatable bonds is 4. The molecule has 0 atom stereocenters. The first-order chi connectivity index (χ1) is 10.6. The molecule has 6 nitrogen and oxygen atoms in total. The largest absolute Gasteiger partial charge is 0.481 e. The Morgan fingerprint density at radius 1 is 0.727 bits per heavy atom. The lowest BCUT2D eigenvalue weighted by molar-refractivity contribution is -0.159. The van der Waals surface area contributed by atoms with Gasteiger partial charge in [-0.2, -0.15) is 0 Å². The Labute approximate surface area is 126 Å². The Bertz CT molecular complexity index is 620. The molecule has 0 aliphatic heterocycles. The van der Waals surface area contributed by atoms with Crippen LogP contribution in [0, 0.1) is 11.8 Å². The van der Waals surface area contributed by atoms with E-state index in [0.29, 0.717) is 11.1 Å². The van der Waals surface area contributed by atoms with Gasteiger partial charge in [0.1, 0.15) is 0 Å². The van der Waals surface area contributed by atoms with Gasteiger partial charge in [-0.3, -0.25) is 19.6 Å². The van der Waals surface area contributed by atoms with Crippen LogP contribution >= 0.6 is 0 Å². The van der Waals surface area contributed by atoms with Crippen LogP contribution in [0.15, 0.2) is 49.1 Å². The summed E-state index contributed by atoms with van der Waals surface area (Å²) in [5.74, 6) is -4.63. The van der Waals surface area contributed by atoms with Crippen molar-refractivity contribution in [3.8, 4) is 0 Å². The first-order valence-electron chi connectivity index (χ1n) is 6.86. The number of pyridine rings is 2. The maximum atomic E-state index is 11.7. The van der Waals surface area contributed by atoms with Crippen LogP contribution in [0.4, 0.5) is 0 Å². The first kappa shape index (κ1) is 14.2. The van der Waals surface area contributed by atoms with Crippen LogP contribution in [0.5, 0.6) is 0 Å². The van der Waals surface area contributed by atoms with Gasteiger partial charge in [-0.05, 0) is 35.4 Å². The Morgan fingerprint density at radius 3 is 1.32 bits per heavy atom. The van der Waals surface area contributed by atoms with Crippen molar-refractivity contribution in [2.45, 2.75) is 11.8 Å². The Morgan fingerprint density at radius 2 is 1.05 bits per heavy atom. The summed E-state index contributed by atoms with van der Waals surface area (Å²) in [4.78, 5) is 31.2. The summed E-state index contributed by atoms with van der Waals surface area (Å²) in [7, 11) is 0. The molecule has 22 heavy (non-hydrogen) atoms. The van der Waals surface area contributed by atoms with Crippen molar-refractivity contribution >= 4 is 11.9 Å². The van der Waals surface area contributed by atoms with E-state index in [1.807, 2.05) is 0 Å². The summed E-state index contributed by atoms with van der Waals surface area (Å²) >= 11 is 0. The topological polar surface area (TPSA) is 100 Å². The molecule has 2 aromatic heterocycles. The SMILES string of the molecule is O=C(O)C1C(c2ccncc2)C(C(=O)O)C1c1ccncc1. The van der Waals surface area contributed by atoms with Gasteiger partial charge in [0.05, 0.1) is 11.8 Å². The summed E-state index contributed by atoms with van der Waals surface area (Å²) in [5.41, 5.74) is 1.39. The normalized spacial score (nSPS) is 26.9. The van der Waals surface area contributed by atoms with E-state index in [9.17, 15) is 19.8 Å². The lowest BCUT2D eigenvalue weighted by atomic mass is 9.52. The molecule has 0 saturated heterocycles. The van der Waals surface area contributed by atoms with E-state index >= 15 is 0 Å². The summed E-state index contributed by atoms with van der Waals surface area (Å²) in [6.07, 6.45) is 6.19. The third kappa shape index (κ3) is 2.22. The molecule has 1 fully saturated rings. The van der Waals surface area contributed by atoms with Gasteiger partial charge in [-0.1, -0.05) is 0 Å². The maximum absolute atomic E-state index is 11.7. The molecule has 2 heterocycles. The smallest absolute Gasteiger partial charge is 0.307 e. The molecular formula is C16H14N2O4. The predicted octanol–water partition coefficient (Wildman–Crippen LogP) is 1.76. The number of aromatic nitrogens is 2. The number of aliphatic carboxylic acids is 2. The fourth-order valence-corrected chi connectivity index (χ4v) is 3.36. The van der Waals surface area contributed by atoms with Crippen LogP contribution in [-0.4, -0.2) is 32.1 Å². The van der Waals surface area contributed by atoms with E-state index in [4.69, 9.17) is 0 Å². The zero-order chi connectivity index (χ0) is 15.7. The molecule has 1 saturated carbocycles. The van der Waals surface area contributed by atoms with Gasteiger partial charge >= 0.3 is 11.9 Å². The highest BCUT2D eigenvalue weighted by atomic mass is 16.4. The molecule has 3 rings (SSSR count). The molecule has 0 unspecified atom stereocenters. The van der Waals surface area contributed by atoms with Gasteiger partial charge in [0, 0.05) is 36.6 Å². The zero-order valence-electron chi connectivity index (χ0n) is 11.5. The molecule has 2 N–H and O–H groups in total. The summed E-state index contributed by atoms with van der Waals surface area (Å²) in [6, 6.07) is 6.72. The van der Waals surface area contributed by atoms with Crippen molar-refractivity contribution < 1.29 is 19.8 Å². The quantitative estimate of drug-likeness (QED) is 0.892. The Hall–Kier alpha value is -2.76. The number of carbonyl (C=O) groups is 2. The molecule has 2 aromatic rings. The molecular weight excluding hydrogens is 284 g/mol. The molecule has 1 aliphatic rings. The number of nitrogens with zero attached hydrogens (tertiary/aromatic N) is 2. The van der Waals surface area contributed by atoms with Gasteiger partial charge in [0.25, 0.3) is 0 Å². The molecule has 0 aromatic carbocycles. The second kappa shape index (κ2) is 5.55. The third-order valence-corrected chi connectivity index (χ3v) is 4.30. The van der Waals surface area contributed by atoms with Gasteiger partial charge in [-0.25, -0.2) is 0 Å². The van der Waals surface area contributed by atoms with Crippen LogP contribution in [0.1, 0.15) is 23.0 Å². The fraction of sp³-hybridized carbons (Fsp3) is 0.250. The van der Waals surface area contributed by atoms with Gasteiger partial charge in [0.15, 0.2) is 0 Å². The fourth-order valence-electron chi connectivity index (χ4n) is 3.36. The zero-order valence-corrected chi connectivity index (χ0v) is 11.5. The monoisotopic (exact) mass is 298 g/mol. The van der Waals surface area contributed by atoms with Crippen LogP contribution in [0.2, 0.25) is 0 Å². The van der Waals surface area contributed by atoms with Crippen molar-refractivity contribution in [2.24, 2.45) is 11.8 Å². The van der Waals surface area contributed by atoms with E-state index in [-0.39, 0.29) is 0 Å². The van der Waals surface area contributed by atoms with Crippen LogP contribution in [-0.2, 0) is 9.59 Å². The van der Waals surface area contributed by atoms with Gasteiger partial charge in [0.2, 0.25) is 0 Å². The van der Waals surface area contributed by atoms with Crippen molar-refractivity contribution in [1.29, 1.82) is 0 Å². The lowest BCUT2D eigenvalue weighted by Gasteiger charge is -2.48. The van der Waals surface area contributed by atoms with E-state index in [0.717, 1.165) is 0 Å². The van der Waals surface area contributed by atoms with E-state index in [2.05, 4.69) is 9.97 Å². The number of hydrogen-bond donors (Lipinski definition) is 2. The maximum Gasteiger partial charge on any atom is 0.307 e. The molecule has 0 radical (unpaired) electrons. The van der Waals surface area contributed by atoms with Crippen molar-refractivity contribution in [3.63, 3.8) is 0 Å². The van der Waals surface area contributed by atoms with Crippen molar-refractivity contribution in [1.82, 2.24) is 9.97 Å². The first-order valence-corrected chi connectivity index (χ1v) is 6.86. The predicted molar refractivity (Wildman–Crippen MR) is 76.2 cm³/mol. The van der Waals surface area contributed by atoms with E-state index in [1.165, 1.54) is 0 Å². The van der Waals surface area contributed by atoms with Gasteiger partial charge < -0.3 is 10.2 Å². The highest BCUT2D eigenvalue weighted by Crippen LogP contribution is 2.57. The highest BCUT2D eigenvalue weighted by Gasteiger charge is 2.58. The second-order valence-corrected chi connectivity index (χ2v) is 5.34. The summed E-state index contributed by atoms with van der Waals surface area (Å²) < 4.78 is 0. The number of hydrogen-bond acceptors (Lipinski definition) is 4. The van der Waals surface area contributed by atoms with Crippen LogP contribution < -0.4 is 0 Å². The summed E-state index contributed by atoms with van der Waals surface area (Å²) in [6.45, 7) is 0. The standard InChI is InChI=1S/C16H14N2O4/c19-15(20)13-11(9-1-5-17-6-2-9)14(16(21)22)12(13)10-3-7-18-8-4-10/h1-8,11-14H,(H,19,20)(H,21,22). The highest BCUT2D eigenvalue weighted by molar-refractivity contribution is 5.83. The lowest BCUT2D eigenvalue weighted by Crippen LogP contribution is -2.50. The minimum absolute atomic E-state index is 0.559. The van der Waals surface area contributed by atoms with Crippen LogP contribution in [0.3, 0.4) is 0 Å². The van der Waals surface area contributed by atoms with Crippen LogP contribution in [0.25, 0.3) is 0 Å². The van der Waals surface area contributed by atoms with Gasteiger partial charge in [-0.15, -0.1) is 0 Å². The van der Waals surface area contributed by atoms with Crippen molar-refractivity contribution in [2.75, 3.05) is 0 Å². The van der Waals surface area contributed by atoms with E-state index < -0.39 is 35.6 Å². The van der Waals surface area contributed by atoms with Crippen molar-refractivity contribution in [3.05, 3.63) is 60.2 Å². The minimum Gasteiger partial charge on any atom is -0.481 e. The van der Waals surface area contributed by atoms with E-state index in [1.54, 1.807) is 49.1 Å².